The number of nitrogens with zero attached hydrogens (tertiary/aromatic N) is 2. The van der Waals surface area contributed by atoms with Gasteiger partial charge in [0, 0.05) is 30.2 Å². The molecule has 1 unspecified atom stereocenters. The molecule has 1 aromatic rings. The number of hydrogen-bond donors (Lipinski definition) is 1. The molecular weight excluding hydrogens is 198 g/mol. The van der Waals surface area contributed by atoms with E-state index in [9.17, 15) is 0 Å². The molecule has 2 bridgehead atoms. The Morgan fingerprint density at radius 3 is 2.81 bits per heavy atom. The van der Waals surface area contributed by atoms with Crippen LogP contribution in [0.3, 0.4) is 0 Å². The number of pyridine rings is 1. The predicted molar refractivity (Wildman–Crippen MR) is 65.5 cm³/mol. The molecule has 1 aromatic heterocycles. The fraction of sp³-hybridized carbons (Fsp3) is 0.615. The maximum atomic E-state index is 4.23. The number of aromatic nitrogens is 1. The second-order valence-corrected chi connectivity index (χ2v) is 5.07. The number of aryl methyl sites for hydroxylation is 1. The quantitative estimate of drug-likeness (QED) is 0.820. The normalized spacial score (nSPS) is 32.7. The molecule has 3 aliphatic heterocycles. The summed E-state index contributed by atoms with van der Waals surface area (Å²) in [5.74, 6) is 0.874. The first-order chi connectivity index (χ1) is 7.81. The highest BCUT2D eigenvalue weighted by Gasteiger charge is 2.33. The van der Waals surface area contributed by atoms with Crippen LogP contribution < -0.4 is 5.32 Å². The largest absolute Gasteiger partial charge is 0.381 e. The molecule has 3 heteroatoms. The van der Waals surface area contributed by atoms with Gasteiger partial charge in [-0.15, -0.1) is 0 Å². The summed E-state index contributed by atoms with van der Waals surface area (Å²) < 4.78 is 0. The Bertz CT molecular complexity index is 369. The number of rotatable bonds is 2. The monoisotopic (exact) mass is 217 g/mol. The average Bonchev–Trinajstić information content (AvgIpc) is 2.30. The van der Waals surface area contributed by atoms with Gasteiger partial charge < -0.3 is 10.2 Å². The fourth-order valence-electron chi connectivity index (χ4n) is 2.98. The van der Waals surface area contributed by atoms with E-state index in [-0.39, 0.29) is 0 Å². The van der Waals surface area contributed by atoms with Crippen molar-refractivity contribution in [2.75, 3.05) is 25.0 Å². The van der Waals surface area contributed by atoms with Gasteiger partial charge in [-0.2, -0.15) is 0 Å². The Labute approximate surface area is 96.9 Å². The van der Waals surface area contributed by atoms with Crippen LogP contribution in [-0.2, 0) is 0 Å². The highest BCUT2D eigenvalue weighted by atomic mass is 15.2. The van der Waals surface area contributed by atoms with Crippen LogP contribution in [0.15, 0.2) is 18.3 Å². The van der Waals surface area contributed by atoms with Gasteiger partial charge in [0.2, 0.25) is 0 Å². The predicted octanol–water partition coefficient (Wildman–Crippen LogP) is 1.90. The number of hydrogen-bond acceptors (Lipinski definition) is 3. The second-order valence-electron chi connectivity index (χ2n) is 5.07. The summed E-state index contributed by atoms with van der Waals surface area (Å²) in [6.45, 7) is 5.87. The third-order valence-corrected chi connectivity index (χ3v) is 3.90. The van der Waals surface area contributed by atoms with Crippen molar-refractivity contribution in [3.05, 3.63) is 24.0 Å². The molecule has 3 aliphatic rings. The molecule has 0 aromatic carbocycles. The van der Waals surface area contributed by atoms with E-state index in [1.807, 2.05) is 13.1 Å². The minimum Gasteiger partial charge on any atom is -0.381 e. The zero-order chi connectivity index (χ0) is 11.0. The van der Waals surface area contributed by atoms with Crippen molar-refractivity contribution in [2.24, 2.45) is 5.92 Å². The summed E-state index contributed by atoms with van der Waals surface area (Å²) in [4.78, 5) is 6.81. The van der Waals surface area contributed by atoms with Gasteiger partial charge in [-0.25, -0.2) is 0 Å². The van der Waals surface area contributed by atoms with Gasteiger partial charge in [-0.1, -0.05) is 0 Å². The minimum absolute atomic E-state index is 0.643. The summed E-state index contributed by atoms with van der Waals surface area (Å²) >= 11 is 0. The SMILES string of the molecule is Cc1cc(NC2CN3CCC2CC3)ccn1. The van der Waals surface area contributed by atoms with E-state index < -0.39 is 0 Å². The molecule has 0 spiro atoms. The van der Waals surface area contributed by atoms with Gasteiger partial charge in [-0.05, 0) is 50.9 Å². The number of piperidine rings is 3. The van der Waals surface area contributed by atoms with Crippen molar-refractivity contribution < 1.29 is 0 Å². The van der Waals surface area contributed by atoms with Crippen molar-refractivity contribution in [2.45, 2.75) is 25.8 Å². The summed E-state index contributed by atoms with van der Waals surface area (Å²) in [6, 6.07) is 4.85. The Hall–Kier alpha value is -1.09. The van der Waals surface area contributed by atoms with Gasteiger partial charge in [0.1, 0.15) is 0 Å². The summed E-state index contributed by atoms with van der Waals surface area (Å²) in [7, 11) is 0. The standard InChI is InChI=1S/C13H19N3/c1-10-8-12(2-5-14-10)15-13-9-16-6-3-11(13)4-7-16/h2,5,8,11,13H,3-4,6-7,9H2,1H3,(H,14,15). The molecule has 1 N–H and O–H groups in total. The van der Waals surface area contributed by atoms with E-state index in [4.69, 9.17) is 0 Å². The molecule has 3 nitrogen and oxygen atoms in total. The molecule has 0 aliphatic carbocycles. The second kappa shape index (κ2) is 4.06. The minimum atomic E-state index is 0.643. The van der Waals surface area contributed by atoms with Gasteiger partial charge in [0.25, 0.3) is 0 Å². The lowest BCUT2D eigenvalue weighted by atomic mass is 9.84. The molecule has 0 saturated carbocycles. The zero-order valence-electron chi connectivity index (χ0n) is 9.82. The molecule has 0 amide bonds. The van der Waals surface area contributed by atoms with Crippen LogP contribution in [0.2, 0.25) is 0 Å². The summed E-state index contributed by atoms with van der Waals surface area (Å²) in [5.41, 5.74) is 2.32. The van der Waals surface area contributed by atoms with E-state index in [1.54, 1.807) is 0 Å². The number of anilines is 1. The topological polar surface area (TPSA) is 28.2 Å². The molecular formula is C13H19N3. The van der Waals surface area contributed by atoms with Crippen molar-refractivity contribution in [3.8, 4) is 0 Å². The van der Waals surface area contributed by atoms with Gasteiger partial charge in [-0.3, -0.25) is 4.98 Å². The molecule has 0 radical (unpaired) electrons. The Kier molecular flexibility index (Phi) is 2.56. The Balaban J connectivity index is 1.71. The first-order valence-corrected chi connectivity index (χ1v) is 6.23. The molecule has 16 heavy (non-hydrogen) atoms. The van der Waals surface area contributed by atoms with E-state index in [0.717, 1.165) is 11.6 Å². The highest BCUT2D eigenvalue weighted by Crippen LogP contribution is 2.29. The fourth-order valence-corrected chi connectivity index (χ4v) is 2.98. The highest BCUT2D eigenvalue weighted by molar-refractivity contribution is 5.44. The van der Waals surface area contributed by atoms with Crippen LogP contribution in [0.4, 0.5) is 5.69 Å². The summed E-state index contributed by atoms with van der Waals surface area (Å²) in [6.07, 6.45) is 4.61. The van der Waals surface area contributed by atoms with Crippen LogP contribution in [0.1, 0.15) is 18.5 Å². The molecule has 4 rings (SSSR count). The maximum Gasteiger partial charge on any atom is 0.0417 e. The summed E-state index contributed by atoms with van der Waals surface area (Å²) in [5, 5.41) is 3.67. The van der Waals surface area contributed by atoms with Gasteiger partial charge in [0.05, 0.1) is 0 Å². The van der Waals surface area contributed by atoms with E-state index in [2.05, 4.69) is 27.3 Å². The molecule has 1 atom stereocenters. The first kappa shape index (κ1) is 10.1. The van der Waals surface area contributed by atoms with E-state index in [0.29, 0.717) is 6.04 Å². The molecule has 86 valence electrons. The maximum absolute atomic E-state index is 4.23. The first-order valence-electron chi connectivity index (χ1n) is 6.23. The zero-order valence-corrected chi connectivity index (χ0v) is 9.82. The van der Waals surface area contributed by atoms with E-state index >= 15 is 0 Å². The third-order valence-electron chi connectivity index (χ3n) is 3.90. The third kappa shape index (κ3) is 1.92. The molecule has 4 heterocycles. The van der Waals surface area contributed by atoms with Crippen LogP contribution in [0.5, 0.6) is 0 Å². The average molecular weight is 217 g/mol. The van der Waals surface area contributed by atoms with Crippen LogP contribution in [0.25, 0.3) is 0 Å². The lowest BCUT2D eigenvalue weighted by molar-refractivity contribution is 0.0975. The van der Waals surface area contributed by atoms with Crippen molar-refractivity contribution in [1.82, 2.24) is 9.88 Å². The van der Waals surface area contributed by atoms with Crippen molar-refractivity contribution >= 4 is 5.69 Å². The lowest BCUT2D eigenvalue weighted by Crippen LogP contribution is -2.53. The van der Waals surface area contributed by atoms with Crippen molar-refractivity contribution in [1.29, 1.82) is 0 Å². The van der Waals surface area contributed by atoms with Crippen LogP contribution in [-0.4, -0.2) is 35.6 Å². The molecule has 3 saturated heterocycles. The van der Waals surface area contributed by atoms with Gasteiger partial charge >= 0.3 is 0 Å². The van der Waals surface area contributed by atoms with Crippen LogP contribution in [0, 0.1) is 12.8 Å². The Morgan fingerprint density at radius 2 is 2.19 bits per heavy atom. The molecule has 3 fully saturated rings. The number of fused-ring (bicyclic) bond motifs is 3. The Morgan fingerprint density at radius 1 is 1.38 bits per heavy atom. The number of nitrogens with one attached hydrogen (secondary N) is 1. The van der Waals surface area contributed by atoms with Gasteiger partial charge in [0.15, 0.2) is 0 Å². The lowest BCUT2D eigenvalue weighted by Gasteiger charge is -2.45. The van der Waals surface area contributed by atoms with Crippen molar-refractivity contribution in [3.63, 3.8) is 0 Å². The van der Waals surface area contributed by atoms with E-state index in [1.165, 1.54) is 38.2 Å². The van der Waals surface area contributed by atoms with Crippen LogP contribution >= 0.6 is 0 Å². The smallest absolute Gasteiger partial charge is 0.0417 e.